The van der Waals surface area contributed by atoms with Crippen molar-refractivity contribution in [2.24, 2.45) is 5.92 Å². The molecule has 63 heavy (non-hydrogen) atoms. The van der Waals surface area contributed by atoms with E-state index in [-0.39, 0.29) is 44.3 Å². The number of hydrogen-bond acceptors (Lipinski definition) is 0. The van der Waals surface area contributed by atoms with Crippen molar-refractivity contribution in [1.82, 2.24) is 0 Å². The zero-order chi connectivity index (χ0) is 41.8. The van der Waals surface area contributed by atoms with Gasteiger partial charge < -0.3 is 0 Å². The molecule has 8 aromatic carbocycles. The Bertz CT molecular complexity index is 2750. The molecule has 8 aromatic rings. The summed E-state index contributed by atoms with van der Waals surface area (Å²) in [6, 6.07) is 64.6. The van der Waals surface area contributed by atoms with Gasteiger partial charge in [-0.1, -0.05) is 229 Å². The van der Waals surface area contributed by atoms with Crippen LogP contribution in [0.15, 0.2) is 192 Å². The fraction of sp³-hybridized carbons (Fsp3) is 0.138. The molecule has 0 aromatic heterocycles. The number of rotatable bonds is 8. The van der Waals surface area contributed by atoms with E-state index in [0.717, 1.165) is 11.1 Å². The summed E-state index contributed by atoms with van der Waals surface area (Å²) in [6.45, 7) is 14.9. The number of halogens is 2. The first-order valence-corrected chi connectivity index (χ1v) is 23.5. The summed E-state index contributed by atoms with van der Waals surface area (Å²) in [5.74, 6) is 6.47. The van der Waals surface area contributed by atoms with E-state index in [2.05, 4.69) is 235 Å². The van der Waals surface area contributed by atoms with E-state index in [4.69, 9.17) is 0 Å². The summed E-state index contributed by atoms with van der Waals surface area (Å²) >= 11 is 0. The molecular weight excluding hydrogens is 931 g/mol. The monoisotopic (exact) mass is 982 g/mol. The summed E-state index contributed by atoms with van der Waals surface area (Å²) in [5.41, 5.74) is 15.9. The third-order valence-electron chi connectivity index (χ3n) is 11.1. The van der Waals surface area contributed by atoms with Crippen LogP contribution < -0.4 is 31.8 Å². The van der Waals surface area contributed by atoms with Gasteiger partial charge in [-0.25, -0.2) is 0 Å². The van der Waals surface area contributed by atoms with Crippen LogP contribution in [0, 0.1) is 45.5 Å². The van der Waals surface area contributed by atoms with Crippen LogP contribution in [-0.4, -0.2) is 0 Å². The Hall–Kier alpha value is -4.80. The molecule has 0 saturated carbocycles. The van der Waals surface area contributed by atoms with Gasteiger partial charge in [-0.3, -0.25) is 0 Å². The summed E-state index contributed by atoms with van der Waals surface area (Å²) in [6.07, 6.45) is 0. The molecule has 0 radical (unpaired) electrons. The normalized spacial score (nSPS) is 11.4. The largest absolute Gasteiger partial charge is 0.147 e. The van der Waals surface area contributed by atoms with E-state index in [1.807, 2.05) is 6.92 Å². The molecule has 0 N–H and O–H groups in total. The molecule has 0 spiro atoms. The van der Waals surface area contributed by atoms with Crippen molar-refractivity contribution >= 4 is 94.0 Å². The molecule has 1 aliphatic rings. The van der Waals surface area contributed by atoms with Gasteiger partial charge in [0.1, 0.15) is 0 Å². The summed E-state index contributed by atoms with van der Waals surface area (Å²) in [7, 11) is -1.77. The molecule has 0 saturated heterocycles. The number of benzene rings is 8. The van der Waals surface area contributed by atoms with E-state index in [9.17, 15) is 0 Å². The maximum atomic E-state index is 3.02. The topological polar surface area (TPSA) is 0 Å². The average Bonchev–Trinajstić information content (AvgIpc) is 3.27. The molecule has 0 atom stereocenters. The van der Waals surface area contributed by atoms with Crippen molar-refractivity contribution in [3.05, 3.63) is 215 Å². The van der Waals surface area contributed by atoms with Gasteiger partial charge in [0.25, 0.3) is 0 Å². The Kier molecular flexibility index (Phi) is 17.4. The number of hydrogen-bond donors (Lipinski definition) is 0. The Morgan fingerprint density at radius 1 is 0.381 bits per heavy atom. The molecule has 1 aliphatic carbocycles. The quantitative estimate of drug-likeness (QED) is 0.0616. The van der Waals surface area contributed by atoms with Gasteiger partial charge >= 0.3 is 0 Å². The molecule has 9 rings (SSSR count). The second kappa shape index (κ2) is 22.2. The molecule has 5 heteroatoms. The van der Waals surface area contributed by atoms with Crippen LogP contribution in [0.2, 0.25) is 0 Å². The Morgan fingerprint density at radius 2 is 0.714 bits per heavy atom. The smallest absolute Gasteiger partial charge is 0.0551 e. The van der Waals surface area contributed by atoms with Gasteiger partial charge in [-0.2, -0.15) is 0 Å². The minimum absolute atomic E-state index is 0. The first-order chi connectivity index (χ1) is 29.1. The van der Waals surface area contributed by atoms with Gasteiger partial charge in [-0.15, -0.1) is 24.8 Å². The van der Waals surface area contributed by atoms with Gasteiger partial charge in [0.05, 0.1) is 5.57 Å². The molecule has 0 nitrogen and oxygen atoms in total. The van der Waals surface area contributed by atoms with E-state index in [0.29, 0.717) is 5.92 Å². The Morgan fingerprint density at radius 3 is 1.02 bits per heavy atom. The van der Waals surface area contributed by atoms with Gasteiger partial charge in [0.15, 0.2) is 0 Å². The molecule has 316 valence electrons. The minimum atomic E-state index is -0.885. The molecule has 0 heterocycles. The van der Waals surface area contributed by atoms with Crippen molar-refractivity contribution in [3.8, 4) is 23.0 Å². The zero-order valence-corrected chi connectivity index (χ0v) is 42.0. The van der Waals surface area contributed by atoms with E-state index in [1.54, 1.807) is 0 Å². The third-order valence-corrected chi connectivity index (χ3v) is 16.0. The zero-order valence-electron chi connectivity index (χ0n) is 36.8. The van der Waals surface area contributed by atoms with Gasteiger partial charge in [0, 0.05) is 25.1 Å². The molecule has 0 amide bonds. The maximum absolute atomic E-state index is 3.02. The Balaban J connectivity index is 0.000000511. The summed E-state index contributed by atoms with van der Waals surface area (Å²) in [4.78, 5) is 0. The van der Waals surface area contributed by atoms with Crippen molar-refractivity contribution < 1.29 is 19.5 Å². The second-order valence-electron chi connectivity index (χ2n) is 16.1. The average molecular weight is 983 g/mol. The molecule has 0 unspecified atom stereocenters. The summed E-state index contributed by atoms with van der Waals surface area (Å²) < 4.78 is 0. The third kappa shape index (κ3) is 11.1. The van der Waals surface area contributed by atoms with E-state index < -0.39 is 15.8 Å². The van der Waals surface area contributed by atoms with Crippen LogP contribution in [-0.2, 0) is 19.5 Å². The first-order valence-electron chi connectivity index (χ1n) is 20.8. The maximum Gasteiger partial charge on any atom is 0.0551 e. The predicted molar refractivity (Wildman–Crippen MR) is 280 cm³/mol. The van der Waals surface area contributed by atoms with Gasteiger partial charge in [-0.05, 0) is 121 Å². The van der Waals surface area contributed by atoms with Crippen LogP contribution in [0.25, 0.3) is 32.7 Å². The minimum Gasteiger partial charge on any atom is -0.147 e. The summed E-state index contributed by atoms with van der Waals surface area (Å²) in [5, 5.41) is 13.4. The second-order valence-corrected chi connectivity index (χ2v) is 20.4. The van der Waals surface area contributed by atoms with Crippen molar-refractivity contribution in [3.63, 3.8) is 0 Å². The van der Waals surface area contributed by atoms with Crippen LogP contribution >= 0.6 is 40.7 Å². The van der Waals surface area contributed by atoms with Crippen molar-refractivity contribution in [1.29, 1.82) is 0 Å². The molecule has 0 fully saturated rings. The number of aryl methyl sites for hydroxylation is 4. The van der Waals surface area contributed by atoms with Crippen LogP contribution in [0.5, 0.6) is 0 Å². The fourth-order valence-corrected chi connectivity index (χ4v) is 12.6. The number of allylic oxidation sites excluding steroid dienone is 2. The van der Waals surface area contributed by atoms with Crippen LogP contribution in [0.1, 0.15) is 43.0 Å². The Labute approximate surface area is 402 Å². The van der Waals surface area contributed by atoms with Crippen LogP contribution in [0.4, 0.5) is 0 Å². The first kappa shape index (κ1) is 49.2. The molecule has 0 bridgehead atoms. The number of fused-ring (bicyclic) bond motifs is 2. The molecule has 0 aliphatic heterocycles. The van der Waals surface area contributed by atoms with E-state index >= 15 is 0 Å². The van der Waals surface area contributed by atoms with Crippen LogP contribution in [0.3, 0.4) is 0 Å². The van der Waals surface area contributed by atoms with Crippen molar-refractivity contribution in [2.45, 2.75) is 48.5 Å². The predicted octanol–water partition coefficient (Wildman–Crippen LogP) is 13.5. The molecular formula is C58H52Cl2P2Ru. The standard InChI is InChI=1S/C48H40P2.C10H10.2ClH.Ru/c1-33-13-23-39(24-14-33)49(40-25-15-34(2)16-26-40)45-31-21-37-9-5-7-11-43(37)47(45)48-44-12-8-6-10-38(44)22-32-46(48)50(41-27-17-35(3)18-28-41)42-29-19-36(4)20-30-42;1-8(2)10-6-4-9(3)5-7-10;;;/h5-32H,1-4H3;8H,1-3H3;2*1H;. The van der Waals surface area contributed by atoms with Gasteiger partial charge in [0.2, 0.25) is 0 Å². The van der Waals surface area contributed by atoms with Crippen molar-refractivity contribution in [2.75, 3.05) is 0 Å². The SMILES string of the molecule is CC1=C=C=C(C(C)C)C#C1.Cc1ccc(P(c2ccc(C)cc2)c2ccc3ccccc3c2-c2c(P(c3ccc(C)cc3)c3ccc(C)cc3)ccc3ccccc23)cc1.Cl.Cl.[Ru]. The fourth-order valence-electron chi connectivity index (χ4n) is 7.72. The van der Waals surface area contributed by atoms with E-state index in [1.165, 1.54) is 86.8 Å².